The summed E-state index contributed by atoms with van der Waals surface area (Å²) < 4.78 is 10.6. The number of aliphatic hydroxyl groups excluding tert-OH is 1. The number of ether oxygens (including phenoxy) is 2. The Morgan fingerprint density at radius 1 is 1.21 bits per heavy atom. The van der Waals surface area contributed by atoms with Crippen molar-refractivity contribution in [2.24, 2.45) is 17.8 Å². The third kappa shape index (κ3) is 7.35. The topological polar surface area (TPSA) is 126 Å². The van der Waals surface area contributed by atoms with E-state index in [1.54, 1.807) is 7.11 Å². The predicted octanol–water partition coefficient (Wildman–Crippen LogP) is 1.94. The fraction of sp³-hybridized carbons (Fsp3) is 0.640. The molecule has 5 atom stereocenters. The molecule has 0 spiro atoms. The third-order valence-corrected chi connectivity index (χ3v) is 6.51. The van der Waals surface area contributed by atoms with Gasteiger partial charge in [0, 0.05) is 18.4 Å². The Kier molecular flexibility index (Phi) is 9.15. The van der Waals surface area contributed by atoms with E-state index in [0.717, 1.165) is 12.2 Å². The maximum Gasteiger partial charge on any atom is 0.407 e. The van der Waals surface area contributed by atoms with Gasteiger partial charge in [0.05, 0.1) is 26.4 Å². The zero-order valence-electron chi connectivity index (χ0n) is 20.2. The molecular formula is C25H37N3O6. The molecule has 4 N–H and O–H groups in total. The highest BCUT2D eigenvalue weighted by atomic mass is 16.5. The Labute approximate surface area is 201 Å². The molecule has 188 valence electrons. The number of benzene rings is 1. The van der Waals surface area contributed by atoms with Gasteiger partial charge in [-0.2, -0.15) is 0 Å². The first-order valence-electron chi connectivity index (χ1n) is 12.1. The molecule has 0 radical (unpaired) electrons. The number of carbonyl (C=O) groups excluding carboxylic acids is 3. The summed E-state index contributed by atoms with van der Waals surface area (Å²) in [6.07, 6.45) is 1.80. The minimum atomic E-state index is -0.782. The molecule has 0 unspecified atom stereocenters. The number of aliphatic hydroxyl groups is 1. The molecule has 3 amide bonds. The molecule has 0 aromatic heterocycles. The highest BCUT2D eigenvalue weighted by Gasteiger charge is 2.39. The Morgan fingerprint density at radius 3 is 2.53 bits per heavy atom. The van der Waals surface area contributed by atoms with Crippen LogP contribution in [0.3, 0.4) is 0 Å². The Morgan fingerprint density at radius 2 is 1.94 bits per heavy atom. The quantitative estimate of drug-likeness (QED) is 0.366. The molecule has 1 saturated heterocycles. The molecule has 9 heteroatoms. The first kappa shape index (κ1) is 25.8. The lowest BCUT2D eigenvalue weighted by atomic mass is 9.97. The number of amides is 3. The van der Waals surface area contributed by atoms with Crippen LogP contribution in [0.25, 0.3) is 0 Å². The molecule has 9 nitrogen and oxygen atoms in total. The second-order valence-corrected chi connectivity index (χ2v) is 9.70. The number of rotatable bonds is 12. The average molecular weight is 476 g/mol. The molecule has 1 aliphatic heterocycles. The molecule has 1 aliphatic carbocycles. The first-order chi connectivity index (χ1) is 16.3. The fourth-order valence-electron chi connectivity index (χ4n) is 4.45. The van der Waals surface area contributed by atoms with E-state index >= 15 is 0 Å². The highest BCUT2D eigenvalue weighted by molar-refractivity contribution is 5.86. The fourth-order valence-corrected chi connectivity index (χ4v) is 4.45. The zero-order chi connectivity index (χ0) is 24.7. The van der Waals surface area contributed by atoms with Crippen LogP contribution in [0.2, 0.25) is 0 Å². The number of methoxy groups -OCH3 is 1. The smallest absolute Gasteiger partial charge is 0.407 e. The van der Waals surface area contributed by atoms with E-state index in [4.69, 9.17) is 9.47 Å². The molecule has 1 aromatic rings. The minimum absolute atomic E-state index is 0.0545. The van der Waals surface area contributed by atoms with E-state index < -0.39 is 18.2 Å². The summed E-state index contributed by atoms with van der Waals surface area (Å²) in [7, 11) is 1.63. The van der Waals surface area contributed by atoms with Crippen molar-refractivity contribution in [3.8, 4) is 5.75 Å². The predicted molar refractivity (Wildman–Crippen MR) is 126 cm³/mol. The van der Waals surface area contributed by atoms with Crippen LogP contribution in [0, 0.1) is 17.8 Å². The molecule has 2 fully saturated rings. The van der Waals surface area contributed by atoms with Gasteiger partial charge in [-0.05, 0) is 55.2 Å². The minimum Gasteiger partial charge on any atom is -0.497 e. The lowest BCUT2D eigenvalue weighted by Crippen LogP contribution is -2.51. The van der Waals surface area contributed by atoms with Crippen LogP contribution in [0.1, 0.15) is 51.0 Å². The Hall–Kier alpha value is -2.81. The van der Waals surface area contributed by atoms with Gasteiger partial charge >= 0.3 is 6.09 Å². The Balaban J connectivity index is 1.47. The molecule has 1 aromatic carbocycles. The lowest BCUT2D eigenvalue weighted by molar-refractivity contribution is -0.126. The SMILES string of the molecule is COc1ccc([C@@H]2C[C@H]2COC(=O)N[C@@H](CC(C)C)C(=O)N[C@H](CO)C[C@@H]2CCNC2=O)cc1. The summed E-state index contributed by atoms with van der Waals surface area (Å²) in [5, 5.41) is 17.9. The average Bonchev–Trinajstić information content (AvgIpc) is 3.49. The van der Waals surface area contributed by atoms with Gasteiger partial charge in [-0.15, -0.1) is 0 Å². The van der Waals surface area contributed by atoms with Gasteiger partial charge in [0.25, 0.3) is 0 Å². The third-order valence-electron chi connectivity index (χ3n) is 6.51. The van der Waals surface area contributed by atoms with Crippen molar-refractivity contribution in [1.82, 2.24) is 16.0 Å². The molecule has 3 rings (SSSR count). The summed E-state index contributed by atoms with van der Waals surface area (Å²) in [6, 6.07) is 6.57. The summed E-state index contributed by atoms with van der Waals surface area (Å²) in [4.78, 5) is 37.1. The van der Waals surface area contributed by atoms with Gasteiger partial charge in [0.1, 0.15) is 11.8 Å². The molecule has 2 aliphatic rings. The van der Waals surface area contributed by atoms with Crippen LogP contribution < -0.4 is 20.7 Å². The van der Waals surface area contributed by atoms with Crippen molar-refractivity contribution in [3.05, 3.63) is 29.8 Å². The lowest BCUT2D eigenvalue weighted by Gasteiger charge is -2.24. The van der Waals surface area contributed by atoms with Gasteiger partial charge < -0.3 is 30.5 Å². The number of nitrogens with one attached hydrogen (secondary N) is 3. The maximum atomic E-state index is 12.9. The second-order valence-electron chi connectivity index (χ2n) is 9.70. The summed E-state index contributed by atoms with van der Waals surface area (Å²) >= 11 is 0. The molecule has 34 heavy (non-hydrogen) atoms. The Bertz CT molecular complexity index is 844. The van der Waals surface area contributed by atoms with Crippen molar-refractivity contribution in [3.63, 3.8) is 0 Å². The molecule has 1 saturated carbocycles. The normalized spacial score (nSPS) is 23.1. The van der Waals surface area contributed by atoms with Gasteiger partial charge in [-0.3, -0.25) is 9.59 Å². The summed E-state index contributed by atoms with van der Waals surface area (Å²) in [5.74, 6) is 0.912. The first-order valence-corrected chi connectivity index (χ1v) is 12.1. The number of carbonyl (C=O) groups is 3. The van der Waals surface area contributed by atoms with Crippen LogP contribution in [-0.2, 0) is 14.3 Å². The number of alkyl carbamates (subject to hydrolysis) is 1. The van der Waals surface area contributed by atoms with Gasteiger partial charge in [0.15, 0.2) is 0 Å². The van der Waals surface area contributed by atoms with E-state index in [1.165, 1.54) is 5.56 Å². The van der Waals surface area contributed by atoms with E-state index in [9.17, 15) is 19.5 Å². The van der Waals surface area contributed by atoms with Gasteiger partial charge in [-0.1, -0.05) is 26.0 Å². The van der Waals surface area contributed by atoms with Crippen molar-refractivity contribution < 1.29 is 29.0 Å². The largest absolute Gasteiger partial charge is 0.497 e. The van der Waals surface area contributed by atoms with Crippen LogP contribution in [0.15, 0.2) is 24.3 Å². The van der Waals surface area contributed by atoms with E-state index in [1.807, 2.05) is 38.1 Å². The van der Waals surface area contributed by atoms with Crippen LogP contribution in [0.5, 0.6) is 5.75 Å². The van der Waals surface area contributed by atoms with Crippen molar-refractivity contribution in [2.45, 2.75) is 57.5 Å². The van der Waals surface area contributed by atoms with Crippen LogP contribution in [0.4, 0.5) is 4.79 Å². The van der Waals surface area contributed by atoms with E-state index in [0.29, 0.717) is 31.7 Å². The summed E-state index contributed by atoms with van der Waals surface area (Å²) in [5.41, 5.74) is 1.19. The van der Waals surface area contributed by atoms with Crippen LogP contribution >= 0.6 is 0 Å². The van der Waals surface area contributed by atoms with Crippen molar-refractivity contribution >= 4 is 17.9 Å². The molecule has 1 heterocycles. The summed E-state index contributed by atoms with van der Waals surface area (Å²) in [6.45, 7) is 4.54. The number of hydrogen-bond donors (Lipinski definition) is 4. The van der Waals surface area contributed by atoms with Crippen molar-refractivity contribution in [2.75, 3.05) is 26.9 Å². The van der Waals surface area contributed by atoms with Gasteiger partial charge in [0.2, 0.25) is 11.8 Å². The molecular weight excluding hydrogens is 438 g/mol. The monoisotopic (exact) mass is 475 g/mol. The van der Waals surface area contributed by atoms with Crippen molar-refractivity contribution in [1.29, 1.82) is 0 Å². The highest BCUT2D eigenvalue weighted by Crippen LogP contribution is 2.47. The van der Waals surface area contributed by atoms with E-state index in [-0.39, 0.29) is 42.8 Å². The second kappa shape index (κ2) is 12.1. The van der Waals surface area contributed by atoms with Crippen LogP contribution in [-0.4, -0.2) is 62.0 Å². The standard InChI is InChI=1S/C25H37N3O6/c1-15(2)10-22(24(31)27-19(13-29)11-17-8-9-26-23(17)30)28-25(32)34-14-18-12-21(18)16-4-6-20(33-3)7-5-16/h4-7,15,17-19,21-22,29H,8-14H2,1-3H3,(H,26,30)(H,27,31)(H,28,32)/t17-,18-,19-,21-,22-/m0/s1. The molecule has 0 bridgehead atoms. The maximum absolute atomic E-state index is 12.9. The zero-order valence-corrected chi connectivity index (χ0v) is 20.2. The van der Waals surface area contributed by atoms with Gasteiger partial charge in [-0.25, -0.2) is 4.79 Å². The number of hydrogen-bond acceptors (Lipinski definition) is 6. The van der Waals surface area contributed by atoms with E-state index in [2.05, 4.69) is 16.0 Å².